The van der Waals surface area contributed by atoms with E-state index in [1.54, 1.807) is 0 Å². The summed E-state index contributed by atoms with van der Waals surface area (Å²) in [6, 6.07) is 30.2. The van der Waals surface area contributed by atoms with Gasteiger partial charge in [0.15, 0.2) is 0 Å². The average Bonchev–Trinajstić information content (AvgIpc) is 2.99. The summed E-state index contributed by atoms with van der Waals surface area (Å²) in [4.78, 5) is 30.5. The predicted octanol–water partition coefficient (Wildman–Crippen LogP) is 4.67. The van der Waals surface area contributed by atoms with Gasteiger partial charge < -0.3 is 16.0 Å². The minimum atomic E-state index is -0.925. The van der Waals surface area contributed by atoms with Crippen LogP contribution in [0.3, 0.4) is 0 Å². The molecule has 2 heterocycles. The van der Waals surface area contributed by atoms with Crippen molar-refractivity contribution >= 4 is 17.5 Å². The van der Waals surface area contributed by atoms with Gasteiger partial charge in [0.05, 0.1) is 0 Å². The van der Waals surface area contributed by atoms with Crippen molar-refractivity contribution in [3.8, 4) is 0 Å². The largest absolute Gasteiger partial charge is 0.369 e. The molecule has 2 aliphatic rings. The van der Waals surface area contributed by atoms with Crippen LogP contribution in [-0.4, -0.2) is 61.0 Å². The Morgan fingerprint density at radius 1 is 0.821 bits per heavy atom. The predicted molar refractivity (Wildman–Crippen MR) is 156 cm³/mol. The van der Waals surface area contributed by atoms with Gasteiger partial charge in [-0.25, -0.2) is 4.79 Å². The van der Waals surface area contributed by atoms with Gasteiger partial charge in [-0.3, -0.25) is 9.69 Å². The number of nitrogens with zero attached hydrogens (tertiary/aromatic N) is 2. The Morgan fingerprint density at radius 3 is 1.90 bits per heavy atom. The van der Waals surface area contributed by atoms with Gasteiger partial charge in [0.1, 0.15) is 5.41 Å². The lowest BCUT2D eigenvalue weighted by molar-refractivity contribution is -0.124. The van der Waals surface area contributed by atoms with Crippen LogP contribution in [0.2, 0.25) is 0 Å². The number of nitrogens with one attached hydrogen (secondary N) is 1. The number of rotatable bonds is 8. The van der Waals surface area contributed by atoms with E-state index in [0.717, 1.165) is 37.2 Å². The molecule has 3 amide bonds. The molecule has 0 aliphatic carbocycles. The Balaban J connectivity index is 1.17. The summed E-state index contributed by atoms with van der Waals surface area (Å²) >= 11 is 0. The van der Waals surface area contributed by atoms with Gasteiger partial charge in [-0.15, -0.1) is 0 Å². The van der Waals surface area contributed by atoms with Crippen molar-refractivity contribution in [1.82, 2.24) is 15.1 Å². The highest BCUT2D eigenvalue weighted by Gasteiger charge is 2.48. The molecule has 3 aromatic carbocycles. The summed E-state index contributed by atoms with van der Waals surface area (Å²) in [7, 11) is 0. The lowest BCUT2D eigenvalue weighted by Gasteiger charge is -2.43. The fourth-order valence-electron chi connectivity index (χ4n) is 6.30. The Bertz CT molecular complexity index is 1230. The molecule has 1 fully saturated rings. The molecular weight excluding hydrogens is 484 g/mol. The zero-order chi connectivity index (χ0) is 27.1. The number of carbonyl (C=O) groups is 2. The molecule has 0 spiro atoms. The second-order valence-electron chi connectivity index (χ2n) is 10.5. The Labute approximate surface area is 231 Å². The minimum Gasteiger partial charge on any atom is -0.369 e. The molecule has 2 aliphatic heterocycles. The molecule has 0 saturated carbocycles. The zero-order valence-electron chi connectivity index (χ0n) is 22.5. The number of benzene rings is 3. The average molecular weight is 523 g/mol. The number of urea groups is 1. The first-order valence-corrected chi connectivity index (χ1v) is 14.0. The molecule has 0 unspecified atom stereocenters. The molecule has 6 heteroatoms. The number of nitrogens with two attached hydrogens (primary N) is 1. The van der Waals surface area contributed by atoms with Crippen LogP contribution in [-0.2, 0) is 10.2 Å². The molecule has 3 aromatic rings. The standard InChI is InChI=1S/C33H38N4O2/c34-31(38)33(28-12-6-2-7-13-28,29-14-8-3-9-15-29)30-18-23-37(24-19-30)32(39)35-20-25-36-21-16-27(17-22-36)26-10-4-1-5-11-26/h1-16,30H,17-25H2,(H2,34,38)(H,35,39). The SMILES string of the molecule is NC(=O)C(c1ccccc1)(c1ccccc1)C1CCN(C(=O)NCCN2CC=C(c3ccccc3)CC2)CC1. The number of hydrogen-bond donors (Lipinski definition) is 2. The van der Waals surface area contributed by atoms with E-state index in [2.05, 4.69) is 40.6 Å². The summed E-state index contributed by atoms with van der Waals surface area (Å²) in [6.45, 7) is 4.53. The van der Waals surface area contributed by atoms with Crippen molar-refractivity contribution in [2.45, 2.75) is 24.7 Å². The van der Waals surface area contributed by atoms with E-state index < -0.39 is 5.41 Å². The van der Waals surface area contributed by atoms with Crippen LogP contribution in [0, 0.1) is 5.92 Å². The van der Waals surface area contributed by atoms with E-state index in [9.17, 15) is 9.59 Å². The van der Waals surface area contributed by atoms with Crippen molar-refractivity contribution in [3.63, 3.8) is 0 Å². The van der Waals surface area contributed by atoms with Gasteiger partial charge in [-0.05, 0) is 47.4 Å². The molecule has 5 rings (SSSR count). The van der Waals surface area contributed by atoms with Gasteiger partial charge in [0.25, 0.3) is 0 Å². The first kappa shape index (κ1) is 26.7. The lowest BCUT2D eigenvalue weighted by Crippen LogP contribution is -2.53. The smallest absolute Gasteiger partial charge is 0.317 e. The Hall–Kier alpha value is -3.90. The van der Waals surface area contributed by atoms with E-state index in [1.807, 2.05) is 71.6 Å². The highest BCUT2D eigenvalue weighted by atomic mass is 16.2. The van der Waals surface area contributed by atoms with Crippen molar-refractivity contribution in [3.05, 3.63) is 114 Å². The van der Waals surface area contributed by atoms with Crippen molar-refractivity contribution < 1.29 is 9.59 Å². The van der Waals surface area contributed by atoms with Crippen LogP contribution in [0.4, 0.5) is 4.79 Å². The van der Waals surface area contributed by atoms with E-state index in [0.29, 0.717) is 32.5 Å². The maximum Gasteiger partial charge on any atom is 0.317 e. The molecule has 3 N–H and O–H groups in total. The number of piperidine rings is 1. The summed E-state index contributed by atoms with van der Waals surface area (Å²) in [5, 5.41) is 3.12. The third-order valence-corrected chi connectivity index (χ3v) is 8.38. The topological polar surface area (TPSA) is 78.7 Å². The summed E-state index contributed by atoms with van der Waals surface area (Å²) in [5.74, 6) is -0.336. The van der Waals surface area contributed by atoms with Crippen molar-refractivity contribution in [1.29, 1.82) is 0 Å². The van der Waals surface area contributed by atoms with Crippen molar-refractivity contribution in [2.75, 3.05) is 39.3 Å². The van der Waals surface area contributed by atoms with Crippen LogP contribution >= 0.6 is 0 Å². The van der Waals surface area contributed by atoms with Gasteiger partial charge in [-0.2, -0.15) is 0 Å². The number of amides is 3. The van der Waals surface area contributed by atoms with E-state index in [-0.39, 0.29) is 17.9 Å². The summed E-state index contributed by atoms with van der Waals surface area (Å²) in [5.41, 5.74) is 9.80. The lowest BCUT2D eigenvalue weighted by atomic mass is 9.62. The highest BCUT2D eigenvalue weighted by Crippen LogP contribution is 2.44. The number of hydrogen-bond acceptors (Lipinski definition) is 3. The zero-order valence-corrected chi connectivity index (χ0v) is 22.5. The summed E-state index contributed by atoms with van der Waals surface area (Å²) in [6.07, 6.45) is 4.74. The fraction of sp³-hybridized carbons (Fsp3) is 0.333. The second-order valence-corrected chi connectivity index (χ2v) is 10.5. The number of primary amides is 1. The number of likely N-dealkylation sites (tertiary alicyclic amines) is 1. The van der Waals surface area contributed by atoms with Gasteiger partial charge in [0.2, 0.25) is 5.91 Å². The molecule has 6 nitrogen and oxygen atoms in total. The third-order valence-electron chi connectivity index (χ3n) is 8.38. The maximum absolute atomic E-state index is 13.3. The maximum atomic E-state index is 13.3. The normalized spacial score (nSPS) is 16.9. The van der Waals surface area contributed by atoms with Gasteiger partial charge in [0, 0.05) is 39.3 Å². The van der Waals surface area contributed by atoms with E-state index >= 15 is 0 Å². The molecule has 0 radical (unpaired) electrons. The molecule has 39 heavy (non-hydrogen) atoms. The van der Waals surface area contributed by atoms with E-state index in [1.165, 1.54) is 11.1 Å². The monoisotopic (exact) mass is 522 g/mol. The second kappa shape index (κ2) is 12.3. The third kappa shape index (κ3) is 5.76. The molecule has 0 atom stereocenters. The quantitative estimate of drug-likeness (QED) is 0.451. The molecular formula is C33H38N4O2. The molecule has 0 bridgehead atoms. The number of carbonyl (C=O) groups excluding carboxylic acids is 2. The van der Waals surface area contributed by atoms with Crippen molar-refractivity contribution in [2.24, 2.45) is 11.7 Å². The van der Waals surface area contributed by atoms with Gasteiger partial charge in [-0.1, -0.05) is 97.1 Å². The Morgan fingerprint density at radius 2 is 1.38 bits per heavy atom. The van der Waals surface area contributed by atoms with E-state index in [4.69, 9.17) is 5.73 Å². The van der Waals surface area contributed by atoms with Crippen LogP contribution in [0.25, 0.3) is 5.57 Å². The molecule has 202 valence electrons. The van der Waals surface area contributed by atoms with Crippen LogP contribution in [0.1, 0.15) is 36.0 Å². The van der Waals surface area contributed by atoms with Crippen LogP contribution < -0.4 is 11.1 Å². The van der Waals surface area contributed by atoms with Crippen LogP contribution in [0.15, 0.2) is 97.1 Å². The minimum absolute atomic E-state index is 0.00259. The van der Waals surface area contributed by atoms with Gasteiger partial charge >= 0.3 is 6.03 Å². The fourth-order valence-corrected chi connectivity index (χ4v) is 6.30. The highest BCUT2D eigenvalue weighted by molar-refractivity contribution is 5.91. The Kier molecular flexibility index (Phi) is 8.42. The first-order valence-electron chi connectivity index (χ1n) is 14.0. The van der Waals surface area contributed by atoms with Crippen LogP contribution in [0.5, 0.6) is 0 Å². The molecule has 0 aromatic heterocycles. The molecule has 1 saturated heterocycles. The summed E-state index contributed by atoms with van der Waals surface area (Å²) < 4.78 is 0. The first-order chi connectivity index (χ1) is 19.1.